The first kappa shape index (κ1) is 14.7. The summed E-state index contributed by atoms with van der Waals surface area (Å²) in [5.74, 6) is 0.219. The van der Waals surface area contributed by atoms with Crippen molar-refractivity contribution in [2.24, 2.45) is 11.7 Å². The maximum absolute atomic E-state index is 12.4. The van der Waals surface area contributed by atoms with E-state index in [4.69, 9.17) is 5.73 Å². The molecule has 0 saturated heterocycles. The number of amides is 1. The van der Waals surface area contributed by atoms with E-state index in [1.54, 1.807) is 4.90 Å². The van der Waals surface area contributed by atoms with Crippen LogP contribution in [0.5, 0.6) is 0 Å². The van der Waals surface area contributed by atoms with Crippen LogP contribution in [0.15, 0.2) is 24.3 Å². The molecule has 2 N–H and O–H groups in total. The van der Waals surface area contributed by atoms with Crippen LogP contribution in [-0.2, 0) is 4.79 Å². The Balaban J connectivity index is 2.97. The largest absolute Gasteiger partial charge is 0.320 e. The second-order valence-corrected chi connectivity index (χ2v) is 4.78. The highest BCUT2D eigenvalue weighted by molar-refractivity contribution is 5.97. The predicted octanol–water partition coefficient (Wildman–Crippen LogP) is 2.72. The van der Waals surface area contributed by atoms with E-state index in [0.29, 0.717) is 6.54 Å². The average molecular weight is 248 g/mol. The van der Waals surface area contributed by atoms with Crippen LogP contribution in [0.2, 0.25) is 0 Å². The average Bonchev–Trinajstić information content (AvgIpc) is 2.39. The Bertz CT molecular complexity index is 403. The van der Waals surface area contributed by atoms with Crippen LogP contribution < -0.4 is 10.6 Å². The number of aryl methyl sites for hydroxylation is 1. The van der Waals surface area contributed by atoms with Crippen molar-refractivity contribution in [3.8, 4) is 0 Å². The zero-order valence-electron chi connectivity index (χ0n) is 11.8. The minimum Gasteiger partial charge on any atom is -0.320 e. The Hall–Kier alpha value is -1.35. The first-order chi connectivity index (χ1) is 8.52. The monoisotopic (exact) mass is 248 g/mol. The first-order valence-corrected chi connectivity index (χ1v) is 6.65. The van der Waals surface area contributed by atoms with Crippen molar-refractivity contribution in [2.75, 3.05) is 11.4 Å². The van der Waals surface area contributed by atoms with Gasteiger partial charge in [-0.3, -0.25) is 4.79 Å². The Kier molecular flexibility index (Phi) is 5.35. The van der Waals surface area contributed by atoms with Gasteiger partial charge in [0.25, 0.3) is 0 Å². The van der Waals surface area contributed by atoms with Crippen LogP contribution in [0.1, 0.15) is 32.8 Å². The fourth-order valence-corrected chi connectivity index (χ4v) is 1.99. The van der Waals surface area contributed by atoms with Crippen LogP contribution in [0, 0.1) is 12.8 Å². The number of likely N-dealkylation sites (N-methyl/N-ethyl adjacent to an activating group) is 1. The summed E-state index contributed by atoms with van der Waals surface area (Å²) < 4.78 is 0. The third kappa shape index (κ3) is 3.10. The van der Waals surface area contributed by atoms with Gasteiger partial charge in [-0.2, -0.15) is 0 Å². The highest BCUT2D eigenvalue weighted by Crippen LogP contribution is 2.21. The van der Waals surface area contributed by atoms with Crippen molar-refractivity contribution in [3.05, 3.63) is 29.8 Å². The van der Waals surface area contributed by atoms with Crippen LogP contribution in [0.25, 0.3) is 0 Å². The van der Waals surface area contributed by atoms with E-state index in [1.807, 2.05) is 45.0 Å². The summed E-state index contributed by atoms with van der Waals surface area (Å²) in [5.41, 5.74) is 8.11. The van der Waals surface area contributed by atoms with Crippen LogP contribution >= 0.6 is 0 Å². The molecule has 1 rings (SSSR count). The number of para-hydroxylation sites is 1. The predicted molar refractivity (Wildman–Crippen MR) is 76.6 cm³/mol. The molecule has 0 saturated carbocycles. The smallest absolute Gasteiger partial charge is 0.244 e. The molecule has 0 fully saturated rings. The van der Waals surface area contributed by atoms with E-state index in [9.17, 15) is 4.79 Å². The first-order valence-electron chi connectivity index (χ1n) is 6.65. The molecule has 0 aliphatic carbocycles. The fourth-order valence-electron chi connectivity index (χ4n) is 1.99. The lowest BCUT2D eigenvalue weighted by Gasteiger charge is -2.28. The summed E-state index contributed by atoms with van der Waals surface area (Å²) in [7, 11) is 0. The summed E-state index contributed by atoms with van der Waals surface area (Å²) in [6, 6.07) is 7.49. The van der Waals surface area contributed by atoms with Gasteiger partial charge in [0.1, 0.15) is 0 Å². The molecular formula is C15H24N2O. The lowest BCUT2D eigenvalue weighted by Crippen LogP contribution is -2.47. The van der Waals surface area contributed by atoms with E-state index in [0.717, 1.165) is 17.7 Å². The number of benzene rings is 1. The number of anilines is 1. The van der Waals surface area contributed by atoms with E-state index in [2.05, 4.69) is 6.92 Å². The molecule has 1 aromatic rings. The van der Waals surface area contributed by atoms with Gasteiger partial charge in [-0.1, -0.05) is 38.5 Å². The molecule has 3 nitrogen and oxygen atoms in total. The van der Waals surface area contributed by atoms with E-state index in [1.165, 1.54) is 0 Å². The molecule has 0 radical (unpaired) electrons. The molecular weight excluding hydrogens is 224 g/mol. The van der Waals surface area contributed by atoms with Crippen molar-refractivity contribution < 1.29 is 4.79 Å². The summed E-state index contributed by atoms with van der Waals surface area (Å²) in [5, 5.41) is 0. The van der Waals surface area contributed by atoms with E-state index >= 15 is 0 Å². The third-order valence-electron chi connectivity index (χ3n) is 3.53. The summed E-state index contributed by atoms with van der Waals surface area (Å²) >= 11 is 0. The number of hydrogen-bond donors (Lipinski definition) is 1. The molecule has 0 aromatic heterocycles. The number of rotatable bonds is 5. The van der Waals surface area contributed by atoms with Gasteiger partial charge in [0.2, 0.25) is 5.91 Å². The highest BCUT2D eigenvalue weighted by Gasteiger charge is 2.25. The molecule has 2 atom stereocenters. The molecule has 1 amide bonds. The van der Waals surface area contributed by atoms with Crippen molar-refractivity contribution in [2.45, 2.75) is 40.2 Å². The standard InChI is InChI=1S/C15H24N2O/c1-5-11(3)14(16)15(18)17(6-2)13-10-8-7-9-12(13)4/h7-11,14H,5-6,16H2,1-4H3/t11-,14-/m0/s1. The Morgan fingerprint density at radius 2 is 1.94 bits per heavy atom. The Morgan fingerprint density at radius 3 is 2.44 bits per heavy atom. The molecule has 3 heteroatoms. The minimum atomic E-state index is -0.422. The van der Waals surface area contributed by atoms with Gasteiger partial charge in [-0.15, -0.1) is 0 Å². The maximum Gasteiger partial charge on any atom is 0.244 e. The van der Waals surface area contributed by atoms with Crippen molar-refractivity contribution in [1.82, 2.24) is 0 Å². The fraction of sp³-hybridized carbons (Fsp3) is 0.533. The molecule has 0 aliphatic rings. The molecule has 18 heavy (non-hydrogen) atoms. The van der Waals surface area contributed by atoms with Gasteiger partial charge >= 0.3 is 0 Å². The molecule has 0 aliphatic heterocycles. The number of nitrogens with two attached hydrogens (primary N) is 1. The lowest BCUT2D eigenvalue weighted by molar-refractivity contribution is -0.120. The maximum atomic E-state index is 12.4. The number of nitrogens with zero attached hydrogens (tertiary/aromatic N) is 1. The van der Waals surface area contributed by atoms with Gasteiger partial charge in [0, 0.05) is 12.2 Å². The SMILES string of the molecule is CC[C@H](C)[C@H](N)C(=O)N(CC)c1ccccc1C. The van der Waals surface area contributed by atoms with Gasteiger partial charge < -0.3 is 10.6 Å². The number of carbonyl (C=O) groups excluding carboxylic acids is 1. The molecule has 0 unspecified atom stereocenters. The zero-order valence-corrected chi connectivity index (χ0v) is 11.8. The van der Waals surface area contributed by atoms with Crippen molar-refractivity contribution in [3.63, 3.8) is 0 Å². The molecule has 100 valence electrons. The number of carbonyl (C=O) groups is 1. The Morgan fingerprint density at radius 1 is 1.33 bits per heavy atom. The van der Waals surface area contributed by atoms with Crippen molar-refractivity contribution in [1.29, 1.82) is 0 Å². The van der Waals surface area contributed by atoms with E-state index < -0.39 is 6.04 Å². The van der Waals surface area contributed by atoms with Gasteiger partial charge in [0.05, 0.1) is 6.04 Å². The summed E-state index contributed by atoms with van der Waals surface area (Å²) in [6.45, 7) is 8.72. The summed E-state index contributed by atoms with van der Waals surface area (Å²) in [4.78, 5) is 14.2. The van der Waals surface area contributed by atoms with Crippen LogP contribution in [0.3, 0.4) is 0 Å². The lowest BCUT2D eigenvalue weighted by atomic mass is 9.98. The van der Waals surface area contributed by atoms with Crippen LogP contribution in [0.4, 0.5) is 5.69 Å². The van der Waals surface area contributed by atoms with Gasteiger partial charge in [-0.05, 0) is 31.4 Å². The molecule has 0 heterocycles. The van der Waals surface area contributed by atoms with Crippen LogP contribution in [-0.4, -0.2) is 18.5 Å². The second-order valence-electron chi connectivity index (χ2n) is 4.78. The highest BCUT2D eigenvalue weighted by atomic mass is 16.2. The number of hydrogen-bond acceptors (Lipinski definition) is 2. The van der Waals surface area contributed by atoms with E-state index in [-0.39, 0.29) is 11.8 Å². The zero-order chi connectivity index (χ0) is 13.7. The third-order valence-corrected chi connectivity index (χ3v) is 3.53. The normalized spacial score (nSPS) is 14.1. The second kappa shape index (κ2) is 6.55. The molecule has 0 bridgehead atoms. The van der Waals surface area contributed by atoms with Crippen molar-refractivity contribution >= 4 is 11.6 Å². The topological polar surface area (TPSA) is 46.3 Å². The van der Waals surface area contributed by atoms with Gasteiger partial charge in [-0.25, -0.2) is 0 Å². The minimum absolute atomic E-state index is 0.0150. The molecule has 0 spiro atoms. The quantitative estimate of drug-likeness (QED) is 0.871. The van der Waals surface area contributed by atoms with Gasteiger partial charge in [0.15, 0.2) is 0 Å². The molecule has 1 aromatic carbocycles. The Labute approximate surface area is 110 Å². The summed E-state index contributed by atoms with van der Waals surface area (Å²) in [6.07, 6.45) is 0.915.